The number of hydrogen-bond donors (Lipinski definition) is 2. The number of carbonyl (C=O) groups is 2. The van der Waals surface area contributed by atoms with Crippen LogP contribution in [0, 0.1) is 12.8 Å². The minimum atomic E-state index is -0.921. The van der Waals surface area contributed by atoms with E-state index in [0.29, 0.717) is 23.7 Å². The maximum Gasteiger partial charge on any atom is 0.303 e. The van der Waals surface area contributed by atoms with Crippen molar-refractivity contribution in [3.63, 3.8) is 0 Å². The first-order valence-electron chi connectivity index (χ1n) is 10.7. The van der Waals surface area contributed by atoms with E-state index in [2.05, 4.69) is 34.3 Å². The molecule has 0 aromatic carbocycles. The average Bonchev–Trinajstić information content (AvgIpc) is 2.71. The Morgan fingerprint density at radius 3 is 2.70 bits per heavy atom. The van der Waals surface area contributed by atoms with Gasteiger partial charge in [-0.3, -0.25) is 9.59 Å². The van der Waals surface area contributed by atoms with E-state index in [0.717, 1.165) is 43.7 Å². The number of aliphatic carboxylic acids is 1. The number of fused-ring (bicyclic) bond motifs is 1. The number of carbonyl (C=O) groups excluding carboxylic acids is 1. The minimum absolute atomic E-state index is 0.0795. The van der Waals surface area contributed by atoms with Crippen molar-refractivity contribution in [3.8, 4) is 0 Å². The lowest BCUT2D eigenvalue weighted by atomic mass is 9.91. The Morgan fingerprint density at radius 1 is 1.20 bits per heavy atom. The molecule has 7 nitrogen and oxygen atoms in total. The number of hydrogen-bond acceptors (Lipinski definition) is 6. The maximum absolute atomic E-state index is 12.4. The van der Waals surface area contributed by atoms with Gasteiger partial charge in [-0.25, -0.2) is 15.0 Å². The normalized spacial score (nSPS) is 16.4. The van der Waals surface area contributed by atoms with Gasteiger partial charge in [0.2, 0.25) is 0 Å². The predicted octanol–water partition coefficient (Wildman–Crippen LogP) is 3.71. The molecule has 0 saturated heterocycles. The van der Waals surface area contributed by atoms with Crippen molar-refractivity contribution < 1.29 is 14.7 Å². The summed E-state index contributed by atoms with van der Waals surface area (Å²) >= 11 is 0. The molecule has 0 spiro atoms. The second-order valence-electron chi connectivity index (χ2n) is 8.31. The quantitative estimate of drug-likeness (QED) is 0.575. The number of anilines is 1. The third-order valence-corrected chi connectivity index (χ3v) is 5.53. The van der Waals surface area contributed by atoms with Gasteiger partial charge < -0.3 is 10.4 Å². The van der Waals surface area contributed by atoms with E-state index in [1.54, 1.807) is 19.3 Å². The number of aryl methyl sites for hydroxylation is 2. The smallest absolute Gasteiger partial charge is 0.303 e. The van der Waals surface area contributed by atoms with Crippen molar-refractivity contribution in [1.82, 2.24) is 15.0 Å². The zero-order valence-electron chi connectivity index (χ0n) is 17.7. The van der Waals surface area contributed by atoms with Crippen LogP contribution < -0.4 is 5.32 Å². The van der Waals surface area contributed by atoms with Crippen LogP contribution >= 0.6 is 0 Å². The molecule has 0 amide bonds. The summed E-state index contributed by atoms with van der Waals surface area (Å²) in [7, 11) is 0. The molecule has 3 heterocycles. The van der Waals surface area contributed by atoms with E-state index in [-0.39, 0.29) is 24.5 Å². The first-order valence-corrected chi connectivity index (χ1v) is 10.7. The highest BCUT2D eigenvalue weighted by molar-refractivity contribution is 5.80. The fourth-order valence-electron chi connectivity index (χ4n) is 3.84. The Kier molecular flexibility index (Phi) is 7.49. The van der Waals surface area contributed by atoms with Gasteiger partial charge in [-0.05, 0) is 55.7 Å². The molecule has 0 radical (unpaired) electrons. The highest BCUT2D eigenvalue weighted by Gasteiger charge is 2.20. The molecule has 160 valence electrons. The van der Waals surface area contributed by atoms with Gasteiger partial charge in [0, 0.05) is 43.4 Å². The number of ketones is 1. The van der Waals surface area contributed by atoms with Crippen LogP contribution in [0.25, 0.3) is 0 Å². The molecule has 1 unspecified atom stereocenters. The Hall–Kier alpha value is -2.83. The molecule has 2 atom stereocenters. The molecule has 2 N–H and O–H groups in total. The fourth-order valence-corrected chi connectivity index (χ4v) is 3.84. The molecule has 0 aliphatic carbocycles. The number of carboxylic acids is 1. The maximum atomic E-state index is 12.4. The second-order valence-corrected chi connectivity index (χ2v) is 8.31. The summed E-state index contributed by atoms with van der Waals surface area (Å²) < 4.78 is 0. The lowest BCUT2D eigenvalue weighted by Gasteiger charge is -2.22. The van der Waals surface area contributed by atoms with E-state index < -0.39 is 5.97 Å². The Bertz CT molecular complexity index is 883. The van der Waals surface area contributed by atoms with Gasteiger partial charge in [0.05, 0.1) is 6.42 Å². The van der Waals surface area contributed by atoms with Gasteiger partial charge >= 0.3 is 5.97 Å². The number of Topliss-reactive ketones (excluding diaryl/α,β-unsaturated/α-hetero) is 1. The van der Waals surface area contributed by atoms with Crippen LogP contribution in [-0.4, -0.2) is 38.4 Å². The van der Waals surface area contributed by atoms with Crippen LogP contribution in [-0.2, 0) is 22.4 Å². The molecule has 1 aliphatic heterocycles. The average molecular weight is 411 g/mol. The molecule has 2 aromatic rings. The van der Waals surface area contributed by atoms with Crippen LogP contribution in [0.5, 0.6) is 0 Å². The number of nitrogens with zero attached hydrogens (tertiary/aromatic N) is 3. The summed E-state index contributed by atoms with van der Waals surface area (Å²) in [5, 5.41) is 12.6. The van der Waals surface area contributed by atoms with Gasteiger partial charge in [0.1, 0.15) is 17.4 Å². The van der Waals surface area contributed by atoms with Crippen LogP contribution in [0.1, 0.15) is 67.6 Å². The van der Waals surface area contributed by atoms with Gasteiger partial charge in [-0.2, -0.15) is 0 Å². The number of unbranched alkanes of at least 4 members (excludes halogenated alkanes) is 1. The first-order chi connectivity index (χ1) is 14.4. The Labute approximate surface area is 177 Å². The Balaban J connectivity index is 1.46. The minimum Gasteiger partial charge on any atom is -0.481 e. The number of nitrogens with one attached hydrogen (secondary N) is 1. The Morgan fingerprint density at radius 2 is 1.97 bits per heavy atom. The molecule has 30 heavy (non-hydrogen) atoms. The molecule has 0 saturated carbocycles. The van der Waals surface area contributed by atoms with Crippen molar-refractivity contribution in [2.24, 2.45) is 5.92 Å². The molecular formula is C23H30N4O3. The summed E-state index contributed by atoms with van der Waals surface area (Å²) in [6.45, 7) is 4.96. The van der Waals surface area contributed by atoms with Crippen molar-refractivity contribution in [2.75, 3.05) is 11.9 Å². The number of aromatic nitrogens is 3. The number of rotatable bonds is 10. The highest BCUT2D eigenvalue weighted by atomic mass is 16.4. The number of pyridine rings is 1. The molecule has 7 heteroatoms. The van der Waals surface area contributed by atoms with Crippen molar-refractivity contribution in [3.05, 3.63) is 47.2 Å². The molecule has 0 fully saturated rings. The van der Waals surface area contributed by atoms with E-state index in [9.17, 15) is 14.7 Å². The third-order valence-electron chi connectivity index (χ3n) is 5.53. The SMILES string of the molecule is Cc1ncc([C@@H](CC(=O)O)CC(=O)CCCCc2ccc3c(n2)NCC(C)C3)cn1. The standard InChI is InChI=1S/C23H30N4O3/c1-15-9-17-7-8-20(27-23(17)26-12-15)5-3-4-6-21(28)10-18(11-22(29)30)19-13-24-16(2)25-14-19/h7-8,13-15,18H,3-6,9-12H2,1-2H3,(H,26,27)(H,29,30)/t15?,18-/m1/s1. The van der Waals surface area contributed by atoms with Crippen molar-refractivity contribution in [1.29, 1.82) is 0 Å². The summed E-state index contributed by atoms with van der Waals surface area (Å²) in [5.41, 5.74) is 3.03. The topological polar surface area (TPSA) is 105 Å². The highest BCUT2D eigenvalue weighted by Crippen LogP contribution is 2.25. The van der Waals surface area contributed by atoms with Crippen LogP contribution in [0.4, 0.5) is 5.82 Å². The molecule has 1 aliphatic rings. The zero-order valence-corrected chi connectivity index (χ0v) is 17.7. The summed E-state index contributed by atoms with van der Waals surface area (Å²) in [4.78, 5) is 36.6. The zero-order chi connectivity index (χ0) is 21.5. The van der Waals surface area contributed by atoms with E-state index in [4.69, 9.17) is 4.98 Å². The van der Waals surface area contributed by atoms with E-state index >= 15 is 0 Å². The molecule has 2 aromatic heterocycles. The van der Waals surface area contributed by atoms with Gasteiger partial charge in [-0.1, -0.05) is 13.0 Å². The monoisotopic (exact) mass is 410 g/mol. The predicted molar refractivity (Wildman–Crippen MR) is 115 cm³/mol. The van der Waals surface area contributed by atoms with Crippen molar-refractivity contribution >= 4 is 17.6 Å². The van der Waals surface area contributed by atoms with Crippen LogP contribution in [0.2, 0.25) is 0 Å². The van der Waals surface area contributed by atoms with Gasteiger partial charge in [0.15, 0.2) is 0 Å². The lowest BCUT2D eigenvalue weighted by Crippen LogP contribution is -2.21. The molecule has 0 bridgehead atoms. The van der Waals surface area contributed by atoms with Gasteiger partial charge in [-0.15, -0.1) is 0 Å². The summed E-state index contributed by atoms with van der Waals surface area (Å²) in [5.74, 6) is 1.03. The molecule has 3 rings (SSSR count). The first kappa shape index (κ1) is 21.9. The van der Waals surface area contributed by atoms with E-state index in [1.165, 1.54) is 5.56 Å². The number of carboxylic acid groups (broad SMARTS) is 1. The molecular weight excluding hydrogens is 380 g/mol. The van der Waals surface area contributed by atoms with Gasteiger partial charge in [0.25, 0.3) is 0 Å². The van der Waals surface area contributed by atoms with E-state index in [1.807, 2.05) is 0 Å². The summed E-state index contributed by atoms with van der Waals surface area (Å²) in [6.07, 6.45) is 7.36. The fraction of sp³-hybridized carbons (Fsp3) is 0.522. The largest absolute Gasteiger partial charge is 0.481 e. The lowest BCUT2D eigenvalue weighted by molar-refractivity contribution is -0.137. The third kappa shape index (κ3) is 6.34. The van der Waals surface area contributed by atoms with Crippen molar-refractivity contribution in [2.45, 2.75) is 64.7 Å². The summed E-state index contributed by atoms with van der Waals surface area (Å²) in [6, 6.07) is 4.24. The van der Waals surface area contributed by atoms with Crippen LogP contribution in [0.3, 0.4) is 0 Å². The second kappa shape index (κ2) is 10.3. The van der Waals surface area contributed by atoms with Crippen LogP contribution in [0.15, 0.2) is 24.5 Å².